The van der Waals surface area contributed by atoms with E-state index in [0.717, 1.165) is 26.5 Å². The molecule has 4 rings (SSSR count). The summed E-state index contributed by atoms with van der Waals surface area (Å²) < 4.78 is 11.7. The van der Waals surface area contributed by atoms with Crippen LogP contribution in [-0.4, -0.2) is 22.7 Å². The largest absolute Gasteiger partial charge is 0.422 e. The molecule has 0 amide bonds. The van der Waals surface area contributed by atoms with Crippen LogP contribution in [0.5, 0.6) is 0 Å². The number of rotatable bonds is 3. The number of halogens is 1. The smallest absolute Gasteiger partial charge is 0.324 e. The van der Waals surface area contributed by atoms with E-state index >= 15 is 0 Å². The summed E-state index contributed by atoms with van der Waals surface area (Å²) in [4.78, 5) is 28.8. The number of hydrogen-bond acceptors (Lipinski definition) is 4. The van der Waals surface area contributed by atoms with Crippen molar-refractivity contribution in [2.45, 2.75) is 25.6 Å². The number of esters is 2. The molecule has 2 heterocycles. The molecule has 27 heavy (non-hydrogen) atoms. The summed E-state index contributed by atoms with van der Waals surface area (Å²) in [5.74, 6) is -4.02. The van der Waals surface area contributed by atoms with Crippen LogP contribution >= 0.6 is 15.9 Å². The van der Waals surface area contributed by atoms with E-state index in [1.54, 1.807) is 13.8 Å². The van der Waals surface area contributed by atoms with Gasteiger partial charge in [-0.25, -0.2) is 0 Å². The molecule has 0 spiro atoms. The standard InChI is InChI=1S/C21H18BrNO4/c1-21(2)26-19(24)18(20(25)27-21)17(12-6-5-7-13(22)10-12)15-11-23-16-9-4-3-8-14(15)16/h3-11,17-18,23H,1-2H3/t17-/m0/s1. The van der Waals surface area contributed by atoms with E-state index in [-0.39, 0.29) is 0 Å². The maximum absolute atomic E-state index is 12.8. The molecule has 1 aliphatic heterocycles. The van der Waals surface area contributed by atoms with Crippen molar-refractivity contribution in [2.75, 3.05) is 0 Å². The van der Waals surface area contributed by atoms with E-state index in [1.165, 1.54) is 0 Å². The number of hydrogen-bond donors (Lipinski definition) is 1. The Morgan fingerprint density at radius 3 is 2.44 bits per heavy atom. The van der Waals surface area contributed by atoms with Gasteiger partial charge in [-0.15, -0.1) is 0 Å². The molecule has 0 bridgehead atoms. The maximum atomic E-state index is 12.8. The highest BCUT2D eigenvalue weighted by Gasteiger charge is 2.48. The zero-order chi connectivity index (χ0) is 19.2. The van der Waals surface area contributed by atoms with Gasteiger partial charge in [0.25, 0.3) is 5.79 Å². The molecule has 5 nitrogen and oxygen atoms in total. The van der Waals surface area contributed by atoms with Gasteiger partial charge in [-0.3, -0.25) is 9.59 Å². The lowest BCUT2D eigenvalue weighted by Gasteiger charge is -2.36. The van der Waals surface area contributed by atoms with Crippen LogP contribution in [0, 0.1) is 5.92 Å². The number of aromatic amines is 1. The highest BCUT2D eigenvalue weighted by Crippen LogP contribution is 2.41. The Labute approximate surface area is 164 Å². The molecule has 0 radical (unpaired) electrons. The van der Waals surface area contributed by atoms with Gasteiger partial charge in [0.05, 0.1) is 0 Å². The van der Waals surface area contributed by atoms with Crippen molar-refractivity contribution in [1.29, 1.82) is 0 Å². The first kappa shape index (κ1) is 17.8. The zero-order valence-electron chi connectivity index (χ0n) is 14.9. The summed E-state index contributed by atoms with van der Waals surface area (Å²) in [6, 6.07) is 15.4. The normalized spacial score (nSPS) is 18.2. The lowest BCUT2D eigenvalue weighted by molar-refractivity contribution is -0.240. The van der Waals surface area contributed by atoms with E-state index in [9.17, 15) is 9.59 Å². The van der Waals surface area contributed by atoms with Gasteiger partial charge in [-0.1, -0.05) is 46.3 Å². The Morgan fingerprint density at radius 2 is 1.74 bits per heavy atom. The summed E-state index contributed by atoms with van der Waals surface area (Å²) in [5, 5.41) is 0.952. The third kappa shape index (κ3) is 3.25. The minimum absolute atomic E-state index is 0.533. The van der Waals surface area contributed by atoms with Crippen LogP contribution in [0.2, 0.25) is 0 Å². The molecule has 1 fully saturated rings. The molecule has 6 heteroatoms. The van der Waals surface area contributed by atoms with E-state index in [2.05, 4.69) is 20.9 Å². The average Bonchev–Trinajstić information content (AvgIpc) is 3.01. The van der Waals surface area contributed by atoms with Crippen molar-refractivity contribution in [1.82, 2.24) is 4.98 Å². The third-order valence-corrected chi connectivity index (χ3v) is 5.19. The van der Waals surface area contributed by atoms with Gasteiger partial charge in [0.1, 0.15) is 0 Å². The van der Waals surface area contributed by atoms with E-state index < -0.39 is 29.6 Å². The van der Waals surface area contributed by atoms with Crippen LogP contribution in [0.3, 0.4) is 0 Å². The van der Waals surface area contributed by atoms with Gasteiger partial charge in [-0.2, -0.15) is 0 Å². The molecule has 0 saturated carbocycles. The lowest BCUT2D eigenvalue weighted by atomic mass is 9.80. The average molecular weight is 428 g/mol. The molecular formula is C21H18BrNO4. The van der Waals surface area contributed by atoms with E-state index in [1.807, 2.05) is 54.7 Å². The molecule has 1 saturated heterocycles. The fourth-order valence-electron chi connectivity index (χ4n) is 3.60. The van der Waals surface area contributed by atoms with Crippen molar-refractivity contribution in [3.8, 4) is 0 Å². The number of benzene rings is 2. The summed E-state index contributed by atoms with van der Waals surface area (Å²) in [5.41, 5.74) is 2.61. The van der Waals surface area contributed by atoms with Crippen molar-refractivity contribution in [3.63, 3.8) is 0 Å². The number of ether oxygens (including phenoxy) is 2. The Bertz CT molecular complexity index is 1020. The number of carbonyl (C=O) groups excluding carboxylic acids is 2. The lowest BCUT2D eigenvalue weighted by Crippen LogP contribution is -2.48. The Hall–Kier alpha value is -2.60. The molecule has 1 aliphatic rings. The van der Waals surface area contributed by atoms with Crippen LogP contribution in [0.25, 0.3) is 10.9 Å². The molecule has 1 atom stereocenters. The molecular weight excluding hydrogens is 410 g/mol. The predicted octanol–water partition coefficient (Wildman–Crippen LogP) is 4.51. The maximum Gasteiger partial charge on any atom is 0.324 e. The van der Waals surface area contributed by atoms with Crippen LogP contribution in [0.1, 0.15) is 30.9 Å². The number of carbonyl (C=O) groups is 2. The summed E-state index contributed by atoms with van der Waals surface area (Å²) in [6.07, 6.45) is 1.84. The van der Waals surface area contributed by atoms with Crippen molar-refractivity contribution >= 4 is 38.8 Å². The Morgan fingerprint density at radius 1 is 1.04 bits per heavy atom. The van der Waals surface area contributed by atoms with Crippen molar-refractivity contribution < 1.29 is 19.1 Å². The fourth-order valence-corrected chi connectivity index (χ4v) is 4.02. The molecule has 138 valence electrons. The first-order valence-corrected chi connectivity index (χ1v) is 9.42. The van der Waals surface area contributed by atoms with E-state index in [0.29, 0.717) is 0 Å². The van der Waals surface area contributed by atoms with Gasteiger partial charge in [0.15, 0.2) is 5.92 Å². The molecule has 1 aromatic heterocycles. The summed E-state index contributed by atoms with van der Waals surface area (Å²) in [7, 11) is 0. The van der Waals surface area contributed by atoms with Crippen molar-refractivity contribution in [3.05, 3.63) is 70.3 Å². The molecule has 1 N–H and O–H groups in total. The van der Waals surface area contributed by atoms with Crippen LogP contribution < -0.4 is 0 Å². The summed E-state index contributed by atoms with van der Waals surface area (Å²) >= 11 is 3.48. The number of para-hydroxylation sites is 1. The molecule has 0 aliphatic carbocycles. The quantitative estimate of drug-likeness (QED) is 0.492. The Balaban J connectivity index is 1.89. The second-order valence-corrected chi connectivity index (χ2v) is 7.96. The van der Waals surface area contributed by atoms with Crippen LogP contribution in [0.15, 0.2) is 59.2 Å². The minimum Gasteiger partial charge on any atom is -0.422 e. The first-order valence-electron chi connectivity index (χ1n) is 8.63. The number of H-pyrrole nitrogens is 1. The van der Waals surface area contributed by atoms with E-state index in [4.69, 9.17) is 9.47 Å². The molecule has 2 aromatic carbocycles. The minimum atomic E-state index is -1.26. The molecule has 0 unspecified atom stereocenters. The first-order chi connectivity index (χ1) is 12.9. The topological polar surface area (TPSA) is 68.4 Å². The Kier molecular flexibility index (Phi) is 4.30. The van der Waals surface area contributed by atoms with Crippen LogP contribution in [-0.2, 0) is 19.1 Å². The third-order valence-electron chi connectivity index (χ3n) is 4.70. The predicted molar refractivity (Wildman–Crippen MR) is 104 cm³/mol. The highest BCUT2D eigenvalue weighted by atomic mass is 79.9. The number of nitrogens with one attached hydrogen (secondary N) is 1. The second kappa shape index (κ2) is 6.53. The molecule has 3 aromatic rings. The van der Waals surface area contributed by atoms with Crippen LogP contribution in [0.4, 0.5) is 0 Å². The monoisotopic (exact) mass is 427 g/mol. The van der Waals surface area contributed by atoms with Gasteiger partial charge in [-0.05, 0) is 29.3 Å². The number of aromatic nitrogens is 1. The van der Waals surface area contributed by atoms with Gasteiger partial charge >= 0.3 is 11.9 Å². The fraction of sp³-hybridized carbons (Fsp3) is 0.238. The second-order valence-electron chi connectivity index (χ2n) is 7.04. The zero-order valence-corrected chi connectivity index (χ0v) is 16.4. The SMILES string of the molecule is CC1(C)OC(=O)C([C@@H](c2cccc(Br)c2)c2c[nH]c3ccccc23)C(=O)O1. The van der Waals surface area contributed by atoms with Gasteiger partial charge < -0.3 is 14.5 Å². The van der Waals surface area contributed by atoms with Crippen molar-refractivity contribution in [2.24, 2.45) is 5.92 Å². The van der Waals surface area contributed by atoms with Gasteiger partial charge in [0.2, 0.25) is 0 Å². The number of fused-ring (bicyclic) bond motifs is 1. The summed E-state index contributed by atoms with van der Waals surface area (Å²) in [6.45, 7) is 3.11. The highest BCUT2D eigenvalue weighted by molar-refractivity contribution is 9.10. The van der Waals surface area contributed by atoms with Gasteiger partial charge in [0, 0.05) is 41.3 Å². The number of cyclic esters (lactones) is 2.